The van der Waals surface area contributed by atoms with Gasteiger partial charge in [-0.25, -0.2) is 4.68 Å². The molecule has 0 aliphatic carbocycles. The molecule has 1 aromatic carbocycles. The van der Waals surface area contributed by atoms with Crippen LogP contribution in [0.2, 0.25) is 0 Å². The Kier molecular flexibility index (Phi) is 4.09. The van der Waals surface area contributed by atoms with E-state index in [0.717, 1.165) is 54.1 Å². The lowest BCUT2D eigenvalue weighted by atomic mass is 10.0. The van der Waals surface area contributed by atoms with Gasteiger partial charge in [-0.2, -0.15) is 0 Å². The van der Waals surface area contributed by atoms with Crippen molar-refractivity contribution < 1.29 is 4.74 Å². The van der Waals surface area contributed by atoms with E-state index in [0.29, 0.717) is 0 Å². The van der Waals surface area contributed by atoms with Gasteiger partial charge in [0.1, 0.15) is 5.69 Å². The van der Waals surface area contributed by atoms with Gasteiger partial charge in [-0.3, -0.25) is 4.98 Å². The van der Waals surface area contributed by atoms with Gasteiger partial charge in [0.15, 0.2) is 0 Å². The third-order valence-corrected chi connectivity index (χ3v) is 4.38. The number of aryl methyl sites for hydroxylation is 1. The summed E-state index contributed by atoms with van der Waals surface area (Å²) in [4.78, 5) is 4.35. The fourth-order valence-electron chi connectivity index (χ4n) is 2.99. The van der Waals surface area contributed by atoms with Crippen LogP contribution in [-0.2, 0) is 11.3 Å². The first-order chi connectivity index (χ1) is 11.8. The predicted octanol–water partition coefficient (Wildman–Crippen LogP) is 3.49. The van der Waals surface area contributed by atoms with E-state index in [1.54, 1.807) is 0 Å². The quantitative estimate of drug-likeness (QED) is 0.738. The van der Waals surface area contributed by atoms with E-state index in [-0.39, 0.29) is 6.10 Å². The molecule has 1 aliphatic rings. The molecule has 0 saturated carbocycles. The number of benzene rings is 1. The van der Waals surface area contributed by atoms with Crippen LogP contribution in [0.3, 0.4) is 0 Å². The Bertz CT molecular complexity index is 802. The van der Waals surface area contributed by atoms with Crippen molar-refractivity contribution in [3.63, 3.8) is 0 Å². The molecule has 3 aromatic rings. The van der Waals surface area contributed by atoms with Crippen LogP contribution in [0.25, 0.3) is 22.4 Å². The minimum atomic E-state index is 0.274. The highest BCUT2D eigenvalue weighted by Crippen LogP contribution is 2.23. The summed E-state index contributed by atoms with van der Waals surface area (Å²) in [6, 6.07) is 12.5. The molecule has 0 amide bonds. The van der Waals surface area contributed by atoms with Crippen molar-refractivity contribution in [1.29, 1.82) is 0 Å². The van der Waals surface area contributed by atoms with E-state index in [9.17, 15) is 0 Å². The number of hydrogen-bond acceptors (Lipinski definition) is 4. The number of nitrogens with zero attached hydrogens (tertiary/aromatic N) is 4. The maximum Gasteiger partial charge on any atom is 0.113 e. The van der Waals surface area contributed by atoms with Crippen LogP contribution in [0.5, 0.6) is 0 Å². The smallest absolute Gasteiger partial charge is 0.113 e. The van der Waals surface area contributed by atoms with E-state index in [4.69, 9.17) is 4.74 Å². The summed E-state index contributed by atoms with van der Waals surface area (Å²) in [5.74, 6) is 0. The van der Waals surface area contributed by atoms with Gasteiger partial charge >= 0.3 is 0 Å². The highest BCUT2D eigenvalue weighted by Gasteiger charge is 2.17. The Labute approximate surface area is 141 Å². The molecule has 4 rings (SSSR count). The van der Waals surface area contributed by atoms with Gasteiger partial charge in [0.05, 0.1) is 18.8 Å². The third-order valence-electron chi connectivity index (χ3n) is 4.38. The summed E-state index contributed by atoms with van der Waals surface area (Å²) in [7, 11) is 0. The predicted molar refractivity (Wildman–Crippen MR) is 92.4 cm³/mol. The van der Waals surface area contributed by atoms with E-state index >= 15 is 0 Å². The summed E-state index contributed by atoms with van der Waals surface area (Å²) in [5, 5.41) is 8.51. The summed E-state index contributed by atoms with van der Waals surface area (Å²) in [6.45, 7) is 3.63. The van der Waals surface area contributed by atoms with Crippen LogP contribution in [0.1, 0.15) is 18.5 Å². The molecule has 1 atom stereocenters. The first-order valence-electron chi connectivity index (χ1n) is 8.33. The number of hydrogen-bond donors (Lipinski definition) is 0. The standard InChI is InChI=1S/C19H20N4O/c1-14-4-5-17(11-20-14)15-6-8-16(9-7-15)19-13-23(22-21-19)12-18-3-2-10-24-18/h4-9,11,13,18H,2-3,10,12H2,1H3/t18-/m1/s1. The lowest BCUT2D eigenvalue weighted by Gasteiger charge is -2.07. The molecule has 0 unspecified atom stereocenters. The van der Waals surface area contributed by atoms with Crippen molar-refractivity contribution in [1.82, 2.24) is 20.0 Å². The lowest BCUT2D eigenvalue weighted by Crippen LogP contribution is -2.15. The molecule has 0 N–H and O–H groups in total. The maximum atomic E-state index is 5.65. The van der Waals surface area contributed by atoms with Gasteiger partial charge in [0.25, 0.3) is 0 Å². The molecule has 3 heterocycles. The van der Waals surface area contributed by atoms with Crippen molar-refractivity contribution in [3.05, 3.63) is 54.5 Å². The third kappa shape index (κ3) is 3.21. The molecular formula is C19H20N4O. The molecular weight excluding hydrogens is 300 g/mol. The zero-order chi connectivity index (χ0) is 16.4. The average Bonchev–Trinajstić information content (AvgIpc) is 3.28. The summed E-state index contributed by atoms with van der Waals surface area (Å²) >= 11 is 0. The van der Waals surface area contributed by atoms with E-state index in [1.165, 1.54) is 0 Å². The summed E-state index contributed by atoms with van der Waals surface area (Å²) in [6.07, 6.45) is 6.42. The minimum absolute atomic E-state index is 0.274. The van der Waals surface area contributed by atoms with Crippen LogP contribution < -0.4 is 0 Å². The van der Waals surface area contributed by atoms with Gasteiger partial charge in [-0.1, -0.05) is 35.5 Å². The number of aromatic nitrogens is 4. The number of rotatable bonds is 4. The zero-order valence-corrected chi connectivity index (χ0v) is 13.7. The molecule has 2 aromatic heterocycles. The number of ether oxygens (including phenoxy) is 1. The Morgan fingerprint density at radius 2 is 1.88 bits per heavy atom. The van der Waals surface area contributed by atoms with Crippen molar-refractivity contribution in [3.8, 4) is 22.4 Å². The molecule has 0 radical (unpaired) electrons. The van der Waals surface area contributed by atoms with E-state index in [1.807, 2.05) is 30.1 Å². The normalized spacial score (nSPS) is 17.3. The first kappa shape index (κ1) is 15.0. The zero-order valence-electron chi connectivity index (χ0n) is 13.7. The topological polar surface area (TPSA) is 52.8 Å². The van der Waals surface area contributed by atoms with Gasteiger partial charge < -0.3 is 4.74 Å². The van der Waals surface area contributed by atoms with Crippen LogP contribution in [0, 0.1) is 6.92 Å². The average molecular weight is 320 g/mol. The molecule has 0 bridgehead atoms. The molecule has 1 fully saturated rings. The first-order valence-corrected chi connectivity index (χ1v) is 8.33. The lowest BCUT2D eigenvalue weighted by molar-refractivity contribution is 0.0935. The van der Waals surface area contributed by atoms with Gasteiger partial charge in [-0.05, 0) is 31.4 Å². The van der Waals surface area contributed by atoms with E-state index < -0.39 is 0 Å². The largest absolute Gasteiger partial charge is 0.376 e. The minimum Gasteiger partial charge on any atom is -0.376 e. The molecule has 24 heavy (non-hydrogen) atoms. The maximum absolute atomic E-state index is 5.65. The van der Waals surface area contributed by atoms with Gasteiger partial charge in [0, 0.05) is 29.6 Å². The van der Waals surface area contributed by atoms with Crippen molar-refractivity contribution in [2.24, 2.45) is 0 Å². The van der Waals surface area contributed by atoms with Crippen molar-refractivity contribution >= 4 is 0 Å². The number of pyridine rings is 1. The summed E-state index contributed by atoms with van der Waals surface area (Å²) < 4.78 is 7.53. The Morgan fingerprint density at radius 3 is 2.58 bits per heavy atom. The fourth-order valence-corrected chi connectivity index (χ4v) is 2.99. The molecule has 5 heteroatoms. The Hall–Kier alpha value is -2.53. The highest BCUT2D eigenvalue weighted by atomic mass is 16.5. The molecule has 1 saturated heterocycles. The molecule has 5 nitrogen and oxygen atoms in total. The van der Waals surface area contributed by atoms with Crippen LogP contribution in [-0.4, -0.2) is 32.7 Å². The fraction of sp³-hybridized carbons (Fsp3) is 0.316. The Morgan fingerprint density at radius 1 is 1.08 bits per heavy atom. The molecule has 122 valence electrons. The van der Waals surface area contributed by atoms with Crippen LogP contribution in [0.4, 0.5) is 0 Å². The molecule has 0 spiro atoms. The Balaban J connectivity index is 1.50. The monoisotopic (exact) mass is 320 g/mol. The van der Waals surface area contributed by atoms with Crippen molar-refractivity contribution in [2.75, 3.05) is 6.61 Å². The van der Waals surface area contributed by atoms with Gasteiger partial charge in [-0.15, -0.1) is 5.10 Å². The highest BCUT2D eigenvalue weighted by molar-refractivity contribution is 5.67. The van der Waals surface area contributed by atoms with Gasteiger partial charge in [0.2, 0.25) is 0 Å². The van der Waals surface area contributed by atoms with Crippen molar-refractivity contribution in [2.45, 2.75) is 32.4 Å². The second kappa shape index (κ2) is 6.53. The molecule has 1 aliphatic heterocycles. The van der Waals surface area contributed by atoms with Crippen LogP contribution >= 0.6 is 0 Å². The second-order valence-corrected chi connectivity index (χ2v) is 6.23. The summed E-state index contributed by atoms with van der Waals surface area (Å²) in [5.41, 5.74) is 5.25. The SMILES string of the molecule is Cc1ccc(-c2ccc(-c3cn(C[C@H]4CCCO4)nn3)cc2)cn1. The second-order valence-electron chi connectivity index (χ2n) is 6.23. The van der Waals surface area contributed by atoms with E-state index in [2.05, 4.69) is 45.6 Å². The van der Waals surface area contributed by atoms with Crippen LogP contribution in [0.15, 0.2) is 48.8 Å².